The van der Waals surface area contributed by atoms with Gasteiger partial charge in [0.1, 0.15) is 5.58 Å². The summed E-state index contributed by atoms with van der Waals surface area (Å²) in [5, 5.41) is 4.22. The van der Waals surface area contributed by atoms with Gasteiger partial charge in [0, 0.05) is 28.7 Å². The first-order valence-corrected chi connectivity index (χ1v) is 10.7. The molecule has 1 aliphatic carbocycles. The molecular formula is C26H21BN2O. The Kier molecular flexibility index (Phi) is 3.95. The van der Waals surface area contributed by atoms with Crippen molar-refractivity contribution in [2.45, 2.75) is 37.4 Å². The van der Waals surface area contributed by atoms with Gasteiger partial charge in [0.05, 0.1) is 13.5 Å². The first kappa shape index (κ1) is 17.7. The Labute approximate surface area is 176 Å². The van der Waals surface area contributed by atoms with E-state index in [-0.39, 0.29) is 5.31 Å². The molecule has 2 radical (unpaired) electrons. The van der Waals surface area contributed by atoms with Gasteiger partial charge in [0.2, 0.25) is 5.71 Å². The summed E-state index contributed by atoms with van der Waals surface area (Å²) in [6.45, 7) is 0. The summed E-state index contributed by atoms with van der Waals surface area (Å²) in [6.07, 6.45) is 9.45. The third-order valence-electron chi connectivity index (χ3n) is 6.60. The number of hydrogen-bond donors (Lipinski definition) is 0. The van der Waals surface area contributed by atoms with E-state index in [1.807, 2.05) is 12.3 Å². The molecule has 1 fully saturated rings. The highest BCUT2D eigenvalue weighted by Crippen LogP contribution is 2.41. The predicted molar refractivity (Wildman–Crippen MR) is 123 cm³/mol. The fourth-order valence-electron chi connectivity index (χ4n) is 4.97. The topological polar surface area (TPSA) is 38.9 Å². The van der Waals surface area contributed by atoms with Crippen molar-refractivity contribution in [2.75, 3.05) is 0 Å². The first-order valence-electron chi connectivity index (χ1n) is 10.7. The van der Waals surface area contributed by atoms with E-state index < -0.39 is 0 Å². The molecule has 1 saturated carbocycles. The molecule has 2 aromatic carbocycles. The minimum absolute atomic E-state index is 0.244. The predicted octanol–water partition coefficient (Wildman–Crippen LogP) is 6.52. The summed E-state index contributed by atoms with van der Waals surface area (Å²) in [4.78, 5) is 9.28. The molecule has 0 aliphatic heterocycles. The van der Waals surface area contributed by atoms with Crippen molar-refractivity contribution >= 4 is 40.7 Å². The highest BCUT2D eigenvalue weighted by molar-refractivity contribution is 6.21. The van der Waals surface area contributed by atoms with Gasteiger partial charge in [0.15, 0.2) is 0 Å². The maximum Gasteiger partial charge on any atom is 0.227 e. The molecule has 30 heavy (non-hydrogen) atoms. The second-order valence-corrected chi connectivity index (χ2v) is 8.46. The van der Waals surface area contributed by atoms with Crippen LogP contribution in [0.3, 0.4) is 0 Å². The molecule has 0 spiro atoms. The summed E-state index contributed by atoms with van der Waals surface area (Å²) in [5.74, 6) is 0. The van der Waals surface area contributed by atoms with E-state index in [9.17, 15) is 0 Å². The van der Waals surface area contributed by atoms with Crippen LogP contribution in [0, 0.1) is 0 Å². The van der Waals surface area contributed by atoms with Gasteiger partial charge in [-0.1, -0.05) is 62.4 Å². The number of pyridine rings is 2. The zero-order valence-electron chi connectivity index (χ0n) is 16.8. The molecule has 0 N–H and O–H groups in total. The highest BCUT2D eigenvalue weighted by atomic mass is 16.3. The van der Waals surface area contributed by atoms with E-state index in [1.54, 1.807) is 6.20 Å². The van der Waals surface area contributed by atoms with Gasteiger partial charge in [-0.15, -0.1) is 0 Å². The summed E-state index contributed by atoms with van der Waals surface area (Å²) in [5.41, 5.74) is 4.51. The maximum atomic E-state index is 6.72. The zero-order valence-corrected chi connectivity index (χ0v) is 16.8. The fourth-order valence-corrected chi connectivity index (χ4v) is 4.97. The van der Waals surface area contributed by atoms with Gasteiger partial charge in [-0.2, -0.15) is 0 Å². The number of rotatable bonds is 2. The van der Waals surface area contributed by atoms with Crippen molar-refractivity contribution in [3.8, 4) is 11.3 Å². The van der Waals surface area contributed by atoms with Crippen LogP contribution < -0.4 is 0 Å². The average Bonchev–Trinajstić information content (AvgIpc) is 3.19. The molecule has 5 aromatic rings. The number of fused-ring (bicyclic) bond motifs is 5. The molecule has 0 unspecified atom stereocenters. The monoisotopic (exact) mass is 388 g/mol. The van der Waals surface area contributed by atoms with Crippen molar-refractivity contribution in [2.24, 2.45) is 0 Å². The Balaban J connectivity index is 1.57. The van der Waals surface area contributed by atoms with Gasteiger partial charge in [-0.25, -0.2) is 4.98 Å². The third-order valence-corrected chi connectivity index (χ3v) is 6.60. The van der Waals surface area contributed by atoms with Crippen molar-refractivity contribution < 1.29 is 4.42 Å². The van der Waals surface area contributed by atoms with Crippen LogP contribution in [0.15, 0.2) is 71.4 Å². The normalized spacial score (nSPS) is 16.4. The van der Waals surface area contributed by atoms with Gasteiger partial charge in [-0.3, -0.25) is 4.98 Å². The average molecular weight is 388 g/mol. The Morgan fingerprint density at radius 3 is 2.53 bits per heavy atom. The van der Waals surface area contributed by atoms with E-state index in [2.05, 4.69) is 53.5 Å². The van der Waals surface area contributed by atoms with Crippen LogP contribution in [-0.2, 0) is 5.31 Å². The van der Waals surface area contributed by atoms with Gasteiger partial charge >= 0.3 is 0 Å². The lowest BCUT2D eigenvalue weighted by molar-refractivity contribution is 0.397. The van der Waals surface area contributed by atoms with Gasteiger partial charge in [0.25, 0.3) is 0 Å². The van der Waals surface area contributed by atoms with Gasteiger partial charge in [-0.05, 0) is 45.9 Å². The van der Waals surface area contributed by atoms with Crippen LogP contribution >= 0.6 is 0 Å². The molecule has 0 amide bonds. The third kappa shape index (κ3) is 2.67. The molecule has 144 valence electrons. The summed E-state index contributed by atoms with van der Waals surface area (Å²) in [7, 11) is 6.72. The maximum absolute atomic E-state index is 6.72. The molecule has 0 bridgehead atoms. The molecular weight excluding hydrogens is 367 g/mol. The van der Waals surface area contributed by atoms with Crippen molar-refractivity contribution in [1.82, 2.24) is 9.97 Å². The van der Waals surface area contributed by atoms with Crippen LogP contribution in [0.1, 0.15) is 37.7 Å². The summed E-state index contributed by atoms with van der Waals surface area (Å²) < 4.78 is 6.24. The van der Waals surface area contributed by atoms with E-state index in [0.717, 1.165) is 46.0 Å². The Hall–Kier alpha value is -3.14. The lowest BCUT2D eigenvalue weighted by Gasteiger charge is -2.34. The minimum Gasteiger partial charge on any atom is -0.437 e. The quantitative estimate of drug-likeness (QED) is 0.323. The second-order valence-electron chi connectivity index (χ2n) is 8.46. The molecule has 6 rings (SSSR count). The minimum atomic E-state index is -0.244. The Morgan fingerprint density at radius 2 is 1.70 bits per heavy atom. The molecule has 4 heteroatoms. The van der Waals surface area contributed by atoms with E-state index in [4.69, 9.17) is 17.2 Å². The molecule has 3 aromatic heterocycles. The standard InChI is InChI=1S/C26H21BN2O/c27-26(12-4-1-5-13-26)18-10-11-22(29-16-18)21-15-17-7-2-3-8-19(17)23-20-9-6-14-28-25(20)30-24(21)23/h2-3,6-11,14-16H,1,4-5,12-13H2. The number of benzene rings is 2. The smallest absolute Gasteiger partial charge is 0.227 e. The Bertz CT molecular complexity index is 1380. The SMILES string of the molecule is [B]C1(c2ccc(-c3cc4ccccc4c4c3oc3ncccc34)nc2)CCCCC1. The van der Waals surface area contributed by atoms with Crippen LogP contribution in [0.5, 0.6) is 0 Å². The van der Waals surface area contributed by atoms with Crippen molar-refractivity contribution in [3.05, 3.63) is 72.6 Å². The zero-order chi connectivity index (χ0) is 20.1. The van der Waals surface area contributed by atoms with Gasteiger partial charge < -0.3 is 4.42 Å². The summed E-state index contributed by atoms with van der Waals surface area (Å²) >= 11 is 0. The van der Waals surface area contributed by atoms with Crippen molar-refractivity contribution in [1.29, 1.82) is 0 Å². The highest BCUT2D eigenvalue weighted by Gasteiger charge is 2.28. The Morgan fingerprint density at radius 1 is 0.867 bits per heavy atom. The van der Waals surface area contributed by atoms with Crippen LogP contribution in [-0.4, -0.2) is 17.8 Å². The van der Waals surface area contributed by atoms with Crippen LogP contribution in [0.2, 0.25) is 0 Å². The number of nitrogens with zero attached hydrogens (tertiary/aromatic N) is 2. The van der Waals surface area contributed by atoms with E-state index in [1.165, 1.54) is 30.0 Å². The first-order chi connectivity index (χ1) is 14.7. The number of aromatic nitrogens is 2. The molecule has 1 aliphatic rings. The lowest BCUT2D eigenvalue weighted by atomic mass is 9.57. The van der Waals surface area contributed by atoms with E-state index >= 15 is 0 Å². The largest absolute Gasteiger partial charge is 0.437 e. The number of hydrogen-bond acceptors (Lipinski definition) is 3. The molecule has 0 saturated heterocycles. The van der Waals surface area contributed by atoms with Crippen LogP contribution in [0.4, 0.5) is 0 Å². The molecule has 0 atom stereocenters. The molecule has 3 heterocycles. The molecule has 3 nitrogen and oxygen atoms in total. The lowest BCUT2D eigenvalue weighted by Crippen LogP contribution is -2.29. The second kappa shape index (κ2) is 6.70. The van der Waals surface area contributed by atoms with E-state index in [0.29, 0.717) is 5.71 Å². The van der Waals surface area contributed by atoms with Crippen LogP contribution in [0.25, 0.3) is 44.1 Å². The number of furan rings is 1. The van der Waals surface area contributed by atoms with Crippen molar-refractivity contribution in [3.63, 3.8) is 0 Å². The fraction of sp³-hybridized carbons (Fsp3) is 0.231. The summed E-state index contributed by atoms with van der Waals surface area (Å²) in [6, 6.07) is 18.8.